The molecular formula is C21H28N2. The monoisotopic (exact) mass is 308 g/mol. The molecule has 0 amide bonds. The number of aliphatic imine (C=N–C) groups is 1. The van der Waals surface area contributed by atoms with E-state index in [2.05, 4.69) is 90.2 Å². The first-order chi connectivity index (χ1) is 10.7. The minimum absolute atomic E-state index is 0.217. The molecule has 0 bridgehead atoms. The zero-order chi connectivity index (χ0) is 17.2. The summed E-state index contributed by atoms with van der Waals surface area (Å²) in [4.78, 5) is 4.94. The van der Waals surface area contributed by atoms with Gasteiger partial charge in [-0.2, -0.15) is 0 Å². The van der Waals surface area contributed by atoms with Gasteiger partial charge in [-0.25, -0.2) is 0 Å². The quantitative estimate of drug-likeness (QED) is 0.698. The van der Waals surface area contributed by atoms with Crippen molar-refractivity contribution in [1.82, 2.24) is 0 Å². The molecule has 0 saturated heterocycles. The van der Waals surface area contributed by atoms with Gasteiger partial charge in [0.1, 0.15) is 0 Å². The average Bonchev–Trinajstić information content (AvgIpc) is 2.47. The van der Waals surface area contributed by atoms with E-state index in [1.165, 1.54) is 27.9 Å². The van der Waals surface area contributed by atoms with Gasteiger partial charge in [-0.1, -0.05) is 36.4 Å². The Balaban J connectivity index is 2.37. The van der Waals surface area contributed by atoms with Gasteiger partial charge in [0.25, 0.3) is 0 Å². The van der Waals surface area contributed by atoms with Crippen LogP contribution in [0.15, 0.2) is 41.4 Å². The molecule has 0 heterocycles. The zero-order valence-corrected chi connectivity index (χ0v) is 15.4. The number of nitrogens with zero attached hydrogens (tertiary/aromatic N) is 1. The van der Waals surface area contributed by atoms with Crippen molar-refractivity contribution in [3.05, 3.63) is 58.7 Å². The second-order valence-corrected chi connectivity index (χ2v) is 6.95. The molecule has 2 aromatic rings. The van der Waals surface area contributed by atoms with Gasteiger partial charge in [-0.05, 0) is 70.7 Å². The summed E-state index contributed by atoms with van der Waals surface area (Å²) < 4.78 is 0. The number of rotatable bonds is 4. The van der Waals surface area contributed by atoms with Crippen LogP contribution in [0.4, 0.5) is 11.4 Å². The second-order valence-electron chi connectivity index (χ2n) is 6.95. The summed E-state index contributed by atoms with van der Waals surface area (Å²) in [7, 11) is 0. The summed E-state index contributed by atoms with van der Waals surface area (Å²) in [6, 6.07) is 12.7. The molecule has 0 fully saturated rings. The first-order valence-corrected chi connectivity index (χ1v) is 8.19. The number of nitrogens with one attached hydrogen (secondary N) is 1. The van der Waals surface area contributed by atoms with Crippen molar-refractivity contribution >= 4 is 17.1 Å². The summed E-state index contributed by atoms with van der Waals surface area (Å²) in [6.07, 6.45) is 0. The normalized spacial score (nSPS) is 12.4. The van der Waals surface area contributed by atoms with E-state index < -0.39 is 0 Å². The Morgan fingerprint density at radius 1 is 0.826 bits per heavy atom. The van der Waals surface area contributed by atoms with Crippen molar-refractivity contribution in [1.29, 1.82) is 0 Å². The molecule has 122 valence electrons. The van der Waals surface area contributed by atoms with Gasteiger partial charge in [0, 0.05) is 11.4 Å². The fourth-order valence-electron chi connectivity index (χ4n) is 2.70. The summed E-state index contributed by atoms with van der Waals surface area (Å²) >= 11 is 0. The van der Waals surface area contributed by atoms with E-state index in [4.69, 9.17) is 4.99 Å². The minimum Gasteiger partial charge on any atom is -0.374 e. The van der Waals surface area contributed by atoms with Crippen molar-refractivity contribution < 1.29 is 0 Å². The van der Waals surface area contributed by atoms with Gasteiger partial charge in [0.2, 0.25) is 0 Å². The molecule has 0 aromatic heterocycles. The maximum absolute atomic E-state index is 4.94. The second kappa shape index (κ2) is 6.57. The average molecular weight is 308 g/mol. The Bertz CT molecular complexity index is 699. The van der Waals surface area contributed by atoms with Crippen molar-refractivity contribution in [3.63, 3.8) is 0 Å². The van der Waals surface area contributed by atoms with Crippen LogP contribution < -0.4 is 5.32 Å². The Labute approximate surface area is 140 Å². The smallest absolute Gasteiger partial charge is 0.0697 e. The van der Waals surface area contributed by atoms with Crippen molar-refractivity contribution in [2.24, 2.45) is 4.99 Å². The Hall–Kier alpha value is -2.09. The predicted molar refractivity (Wildman–Crippen MR) is 102 cm³/mol. The fourth-order valence-corrected chi connectivity index (χ4v) is 2.70. The van der Waals surface area contributed by atoms with E-state index in [1.54, 1.807) is 0 Å². The molecule has 2 rings (SSSR count). The van der Waals surface area contributed by atoms with E-state index in [0.717, 1.165) is 11.4 Å². The number of aryl methyl sites for hydroxylation is 4. The summed E-state index contributed by atoms with van der Waals surface area (Å²) in [5.74, 6) is 0. The minimum atomic E-state index is -0.217. The molecule has 2 nitrogen and oxygen atoms in total. The first-order valence-electron chi connectivity index (χ1n) is 8.19. The van der Waals surface area contributed by atoms with Crippen LogP contribution in [0.5, 0.6) is 0 Å². The maximum Gasteiger partial charge on any atom is 0.0697 e. The number of para-hydroxylation sites is 2. The third-order valence-corrected chi connectivity index (χ3v) is 4.54. The molecule has 0 unspecified atom stereocenters. The SMILES string of the molecule is CC(=Nc1c(C)cccc1C)C(C)(C)Nc1c(C)cccc1C. The highest BCUT2D eigenvalue weighted by Crippen LogP contribution is 2.28. The van der Waals surface area contributed by atoms with Crippen LogP contribution in [-0.4, -0.2) is 11.3 Å². The van der Waals surface area contributed by atoms with Gasteiger partial charge in [-0.15, -0.1) is 0 Å². The highest BCUT2D eigenvalue weighted by atomic mass is 15.0. The maximum atomic E-state index is 4.94. The van der Waals surface area contributed by atoms with Crippen LogP contribution in [-0.2, 0) is 0 Å². The molecule has 2 heteroatoms. The summed E-state index contributed by atoms with van der Waals surface area (Å²) in [5.41, 5.74) is 8.11. The van der Waals surface area contributed by atoms with Crippen LogP contribution in [0, 0.1) is 27.7 Å². The molecular weight excluding hydrogens is 280 g/mol. The van der Waals surface area contributed by atoms with Crippen LogP contribution in [0.3, 0.4) is 0 Å². The third kappa shape index (κ3) is 3.82. The standard InChI is InChI=1S/C21H28N2/c1-14-10-8-11-15(2)19(14)22-18(5)21(6,7)23-20-16(3)12-9-13-17(20)4/h8-13,23H,1-7H3. The largest absolute Gasteiger partial charge is 0.374 e. The molecule has 0 spiro atoms. The molecule has 0 aliphatic heterocycles. The van der Waals surface area contributed by atoms with E-state index in [1.807, 2.05) is 0 Å². The molecule has 23 heavy (non-hydrogen) atoms. The lowest BCUT2D eigenvalue weighted by Gasteiger charge is -2.30. The van der Waals surface area contributed by atoms with Gasteiger partial charge in [0.05, 0.1) is 11.2 Å². The Morgan fingerprint density at radius 2 is 1.26 bits per heavy atom. The van der Waals surface area contributed by atoms with E-state index >= 15 is 0 Å². The molecule has 1 N–H and O–H groups in total. The predicted octanol–water partition coefficient (Wildman–Crippen LogP) is 5.90. The van der Waals surface area contributed by atoms with E-state index in [0.29, 0.717) is 0 Å². The number of hydrogen-bond acceptors (Lipinski definition) is 2. The highest BCUT2D eigenvalue weighted by Gasteiger charge is 2.23. The van der Waals surface area contributed by atoms with Crippen molar-refractivity contribution in [2.75, 3.05) is 5.32 Å². The van der Waals surface area contributed by atoms with Crippen LogP contribution in [0.1, 0.15) is 43.0 Å². The summed E-state index contributed by atoms with van der Waals surface area (Å²) in [5, 5.41) is 3.68. The van der Waals surface area contributed by atoms with Crippen molar-refractivity contribution in [3.8, 4) is 0 Å². The molecule has 0 aliphatic carbocycles. The van der Waals surface area contributed by atoms with Gasteiger partial charge < -0.3 is 5.32 Å². The Morgan fingerprint density at radius 3 is 1.74 bits per heavy atom. The lowest BCUT2D eigenvalue weighted by atomic mass is 9.96. The molecule has 0 radical (unpaired) electrons. The van der Waals surface area contributed by atoms with E-state index in [9.17, 15) is 0 Å². The van der Waals surface area contributed by atoms with Crippen LogP contribution in [0.25, 0.3) is 0 Å². The topological polar surface area (TPSA) is 24.4 Å². The Kier molecular flexibility index (Phi) is 4.93. The van der Waals surface area contributed by atoms with Gasteiger partial charge in [0.15, 0.2) is 0 Å². The lowest BCUT2D eigenvalue weighted by Crippen LogP contribution is -2.39. The third-order valence-electron chi connectivity index (χ3n) is 4.54. The summed E-state index contributed by atoms with van der Waals surface area (Å²) in [6.45, 7) is 15.0. The van der Waals surface area contributed by atoms with Crippen LogP contribution >= 0.6 is 0 Å². The molecule has 0 aliphatic rings. The lowest BCUT2D eigenvalue weighted by molar-refractivity contribution is 0.752. The van der Waals surface area contributed by atoms with Crippen LogP contribution in [0.2, 0.25) is 0 Å². The molecule has 0 atom stereocenters. The van der Waals surface area contributed by atoms with Gasteiger partial charge >= 0.3 is 0 Å². The number of hydrogen-bond donors (Lipinski definition) is 1. The van der Waals surface area contributed by atoms with Crippen molar-refractivity contribution in [2.45, 2.75) is 54.0 Å². The molecule has 0 saturated carbocycles. The number of anilines is 1. The van der Waals surface area contributed by atoms with E-state index in [-0.39, 0.29) is 5.54 Å². The number of benzene rings is 2. The first kappa shape index (κ1) is 17.3. The molecule has 2 aromatic carbocycles. The van der Waals surface area contributed by atoms with Gasteiger partial charge in [-0.3, -0.25) is 4.99 Å². The zero-order valence-electron chi connectivity index (χ0n) is 15.4. The fraction of sp³-hybridized carbons (Fsp3) is 0.381. The highest BCUT2D eigenvalue weighted by molar-refractivity contribution is 5.95.